The molecule has 8 nitrogen and oxygen atoms in total. The van der Waals surface area contributed by atoms with Gasteiger partial charge in [0.2, 0.25) is 11.9 Å². The lowest BCUT2D eigenvalue weighted by molar-refractivity contribution is -0.120. The second-order valence-corrected chi connectivity index (χ2v) is 4.09. The predicted molar refractivity (Wildman–Crippen MR) is 65.9 cm³/mol. The van der Waals surface area contributed by atoms with Crippen LogP contribution >= 0.6 is 0 Å². The molecule has 0 atom stereocenters. The van der Waals surface area contributed by atoms with Gasteiger partial charge in [0.1, 0.15) is 5.52 Å². The standard InChI is InChI=1S/C10H13N7O/c11-10-15-8-7(13-5-14-8)9(16-10)17-3-1-6(18)12-2-4-17/h5H,1-4H2,(H,12,18)(H3,11,13,14,15,16). The first kappa shape index (κ1) is 10.8. The largest absolute Gasteiger partial charge is 0.368 e. The average Bonchev–Trinajstić information content (AvgIpc) is 2.70. The van der Waals surface area contributed by atoms with Crippen LogP contribution in [0.3, 0.4) is 0 Å². The van der Waals surface area contributed by atoms with Crippen molar-refractivity contribution < 1.29 is 4.79 Å². The van der Waals surface area contributed by atoms with Gasteiger partial charge in [-0.3, -0.25) is 4.79 Å². The summed E-state index contributed by atoms with van der Waals surface area (Å²) in [4.78, 5) is 28.7. The predicted octanol–water partition coefficient (Wildman–Crippen LogP) is -0.739. The number of nitrogens with zero attached hydrogens (tertiary/aromatic N) is 4. The summed E-state index contributed by atoms with van der Waals surface area (Å²) in [6, 6.07) is 0. The molecular formula is C10H13N7O. The molecule has 0 unspecified atom stereocenters. The lowest BCUT2D eigenvalue weighted by Crippen LogP contribution is -2.29. The van der Waals surface area contributed by atoms with E-state index in [1.807, 2.05) is 4.90 Å². The third-order valence-electron chi connectivity index (χ3n) is 2.90. The number of carbonyl (C=O) groups is 1. The van der Waals surface area contributed by atoms with Crippen LogP contribution in [0.15, 0.2) is 6.33 Å². The fraction of sp³-hybridized carbons (Fsp3) is 0.400. The summed E-state index contributed by atoms with van der Waals surface area (Å²) in [5, 5.41) is 2.82. The molecule has 0 spiro atoms. The van der Waals surface area contributed by atoms with Gasteiger partial charge in [-0.1, -0.05) is 0 Å². The number of rotatable bonds is 1. The van der Waals surface area contributed by atoms with Gasteiger partial charge in [0, 0.05) is 26.1 Å². The van der Waals surface area contributed by atoms with E-state index in [1.54, 1.807) is 6.33 Å². The van der Waals surface area contributed by atoms with E-state index >= 15 is 0 Å². The molecule has 3 rings (SSSR count). The molecule has 18 heavy (non-hydrogen) atoms. The van der Waals surface area contributed by atoms with Crippen molar-refractivity contribution in [3.63, 3.8) is 0 Å². The highest BCUT2D eigenvalue weighted by Gasteiger charge is 2.19. The lowest BCUT2D eigenvalue weighted by atomic mass is 10.3. The Morgan fingerprint density at radius 1 is 1.33 bits per heavy atom. The van der Waals surface area contributed by atoms with Crippen molar-refractivity contribution in [2.45, 2.75) is 6.42 Å². The normalized spacial score (nSPS) is 16.7. The smallest absolute Gasteiger partial charge is 0.224 e. The molecule has 0 aliphatic carbocycles. The van der Waals surface area contributed by atoms with E-state index < -0.39 is 0 Å². The van der Waals surface area contributed by atoms with Crippen LogP contribution in [0, 0.1) is 0 Å². The number of imidazole rings is 1. The molecule has 8 heteroatoms. The highest BCUT2D eigenvalue weighted by molar-refractivity contribution is 5.85. The maximum atomic E-state index is 11.3. The van der Waals surface area contributed by atoms with Crippen molar-refractivity contribution in [1.29, 1.82) is 0 Å². The van der Waals surface area contributed by atoms with Crippen molar-refractivity contribution in [2.24, 2.45) is 0 Å². The maximum Gasteiger partial charge on any atom is 0.224 e. The van der Waals surface area contributed by atoms with Crippen molar-refractivity contribution >= 4 is 28.8 Å². The van der Waals surface area contributed by atoms with Crippen molar-refractivity contribution in [2.75, 3.05) is 30.3 Å². The summed E-state index contributed by atoms with van der Waals surface area (Å²) in [5.74, 6) is 0.944. The molecule has 0 aromatic carbocycles. The van der Waals surface area contributed by atoms with Gasteiger partial charge in [-0.2, -0.15) is 9.97 Å². The van der Waals surface area contributed by atoms with Gasteiger partial charge in [0.25, 0.3) is 0 Å². The Kier molecular flexibility index (Phi) is 2.47. The molecular weight excluding hydrogens is 234 g/mol. The second kappa shape index (κ2) is 4.13. The quantitative estimate of drug-likeness (QED) is 0.612. The highest BCUT2D eigenvalue weighted by atomic mass is 16.1. The molecule has 0 bridgehead atoms. The van der Waals surface area contributed by atoms with Gasteiger partial charge < -0.3 is 20.9 Å². The number of hydrogen-bond donors (Lipinski definition) is 3. The fourth-order valence-electron chi connectivity index (χ4n) is 2.04. The Balaban J connectivity index is 2.02. The molecule has 0 saturated carbocycles. The zero-order valence-electron chi connectivity index (χ0n) is 9.68. The maximum absolute atomic E-state index is 11.3. The van der Waals surface area contributed by atoms with E-state index in [0.29, 0.717) is 37.5 Å². The van der Waals surface area contributed by atoms with Crippen LogP contribution in [-0.2, 0) is 4.79 Å². The van der Waals surface area contributed by atoms with Gasteiger partial charge in [0.15, 0.2) is 11.5 Å². The Bertz CT molecular complexity index is 593. The molecule has 1 saturated heterocycles. The SMILES string of the molecule is Nc1nc(N2CCNC(=O)CC2)c2[nH]cnc2n1. The Morgan fingerprint density at radius 2 is 2.22 bits per heavy atom. The van der Waals surface area contributed by atoms with Gasteiger partial charge in [-0.15, -0.1) is 0 Å². The third-order valence-corrected chi connectivity index (χ3v) is 2.90. The first-order valence-corrected chi connectivity index (χ1v) is 5.72. The van der Waals surface area contributed by atoms with Crippen LogP contribution in [0.2, 0.25) is 0 Å². The molecule has 4 N–H and O–H groups in total. The van der Waals surface area contributed by atoms with Crippen molar-refractivity contribution in [3.05, 3.63) is 6.33 Å². The van der Waals surface area contributed by atoms with E-state index in [0.717, 1.165) is 5.52 Å². The number of fused-ring (bicyclic) bond motifs is 1. The Hall–Kier alpha value is -2.38. The third kappa shape index (κ3) is 1.81. The van der Waals surface area contributed by atoms with Crippen LogP contribution in [0.25, 0.3) is 11.2 Å². The van der Waals surface area contributed by atoms with Crippen LogP contribution in [-0.4, -0.2) is 45.5 Å². The molecule has 1 amide bonds. The fourth-order valence-corrected chi connectivity index (χ4v) is 2.04. The first-order valence-electron chi connectivity index (χ1n) is 5.72. The number of nitrogens with two attached hydrogens (primary N) is 1. The number of H-pyrrole nitrogens is 1. The molecule has 1 aliphatic heterocycles. The van der Waals surface area contributed by atoms with E-state index in [9.17, 15) is 4.79 Å². The van der Waals surface area contributed by atoms with Crippen LogP contribution in [0.4, 0.5) is 11.8 Å². The number of nitrogens with one attached hydrogen (secondary N) is 2. The summed E-state index contributed by atoms with van der Waals surface area (Å²) in [6.07, 6.45) is 2.00. The van der Waals surface area contributed by atoms with Crippen molar-refractivity contribution in [3.8, 4) is 0 Å². The van der Waals surface area contributed by atoms with E-state index in [2.05, 4.69) is 25.3 Å². The summed E-state index contributed by atoms with van der Waals surface area (Å²) >= 11 is 0. The number of anilines is 2. The molecule has 2 aromatic heterocycles. The number of aromatic nitrogens is 4. The Morgan fingerprint density at radius 3 is 3.11 bits per heavy atom. The number of nitrogen functional groups attached to an aromatic ring is 1. The number of hydrogen-bond acceptors (Lipinski definition) is 6. The minimum Gasteiger partial charge on any atom is -0.368 e. The lowest BCUT2D eigenvalue weighted by Gasteiger charge is -2.20. The highest BCUT2D eigenvalue weighted by Crippen LogP contribution is 2.22. The average molecular weight is 247 g/mol. The van der Waals surface area contributed by atoms with E-state index in [-0.39, 0.29) is 11.9 Å². The number of aromatic amines is 1. The van der Waals surface area contributed by atoms with E-state index in [4.69, 9.17) is 5.73 Å². The zero-order valence-corrected chi connectivity index (χ0v) is 9.68. The molecule has 94 valence electrons. The van der Waals surface area contributed by atoms with Crippen LogP contribution < -0.4 is 16.0 Å². The zero-order chi connectivity index (χ0) is 12.5. The van der Waals surface area contributed by atoms with Crippen molar-refractivity contribution in [1.82, 2.24) is 25.3 Å². The van der Waals surface area contributed by atoms with Gasteiger partial charge >= 0.3 is 0 Å². The molecule has 1 aliphatic rings. The van der Waals surface area contributed by atoms with Gasteiger partial charge in [-0.25, -0.2) is 4.98 Å². The summed E-state index contributed by atoms with van der Waals surface area (Å²) in [6.45, 7) is 1.89. The van der Waals surface area contributed by atoms with Gasteiger partial charge in [-0.05, 0) is 0 Å². The summed E-state index contributed by atoms with van der Waals surface area (Å²) < 4.78 is 0. The molecule has 3 heterocycles. The molecule has 2 aromatic rings. The summed E-state index contributed by atoms with van der Waals surface area (Å²) in [5.41, 5.74) is 6.96. The topological polar surface area (TPSA) is 113 Å². The minimum absolute atomic E-state index is 0.0559. The monoisotopic (exact) mass is 247 g/mol. The number of amides is 1. The second-order valence-electron chi connectivity index (χ2n) is 4.09. The molecule has 0 radical (unpaired) electrons. The number of carbonyl (C=O) groups excluding carboxylic acids is 1. The first-order chi connectivity index (χ1) is 8.74. The Labute approximate surface area is 103 Å². The van der Waals surface area contributed by atoms with Gasteiger partial charge in [0.05, 0.1) is 6.33 Å². The summed E-state index contributed by atoms with van der Waals surface area (Å²) in [7, 11) is 0. The minimum atomic E-state index is 0.0559. The van der Waals surface area contributed by atoms with Crippen LogP contribution in [0.5, 0.6) is 0 Å². The molecule has 1 fully saturated rings. The van der Waals surface area contributed by atoms with E-state index in [1.165, 1.54) is 0 Å². The van der Waals surface area contributed by atoms with Crippen LogP contribution in [0.1, 0.15) is 6.42 Å².